The molecule has 0 aromatic carbocycles. The third kappa shape index (κ3) is 2.02. The lowest BCUT2D eigenvalue weighted by Gasteiger charge is -2.20. The minimum atomic E-state index is -0.362. The molecular formula is C10H15N3O2. The Labute approximate surface area is 88.3 Å². The molecule has 0 aliphatic carbocycles. The highest BCUT2D eigenvalue weighted by molar-refractivity contribution is 5.80. The van der Waals surface area contributed by atoms with Gasteiger partial charge < -0.3 is 10.0 Å². The van der Waals surface area contributed by atoms with Gasteiger partial charge in [0.2, 0.25) is 5.91 Å². The molecule has 15 heavy (non-hydrogen) atoms. The zero-order chi connectivity index (χ0) is 10.8. The van der Waals surface area contributed by atoms with Gasteiger partial charge in [-0.2, -0.15) is 5.10 Å². The Hall–Kier alpha value is -1.36. The van der Waals surface area contributed by atoms with Crippen molar-refractivity contribution < 1.29 is 9.90 Å². The number of hydrogen-bond acceptors (Lipinski definition) is 3. The van der Waals surface area contributed by atoms with Crippen LogP contribution in [0.3, 0.4) is 0 Å². The highest BCUT2D eigenvalue weighted by atomic mass is 16.3. The molecule has 0 bridgehead atoms. The third-order valence-corrected chi connectivity index (χ3v) is 2.75. The standard InChI is InChI=1S/C10H15N3O2/c1-8(13-5-2-4-11-13)10(15)12-6-3-9(14)7-12/h2,4-5,8-9,14H,3,6-7H2,1H3/t8-,9+/m0/s1. The summed E-state index contributed by atoms with van der Waals surface area (Å²) in [6.07, 6.45) is 3.74. The maximum absolute atomic E-state index is 11.9. The fraction of sp³-hybridized carbons (Fsp3) is 0.600. The number of likely N-dealkylation sites (tertiary alicyclic amines) is 1. The molecule has 2 heterocycles. The maximum Gasteiger partial charge on any atom is 0.247 e. The molecule has 5 nitrogen and oxygen atoms in total. The summed E-state index contributed by atoms with van der Waals surface area (Å²) in [7, 11) is 0. The monoisotopic (exact) mass is 209 g/mol. The molecule has 1 fully saturated rings. The van der Waals surface area contributed by atoms with E-state index in [2.05, 4.69) is 5.10 Å². The van der Waals surface area contributed by atoms with E-state index < -0.39 is 0 Å². The van der Waals surface area contributed by atoms with Crippen LogP contribution in [0.15, 0.2) is 18.5 Å². The fourth-order valence-electron chi connectivity index (χ4n) is 1.83. The summed E-state index contributed by atoms with van der Waals surface area (Å²) >= 11 is 0. The van der Waals surface area contributed by atoms with Gasteiger partial charge in [-0.05, 0) is 19.4 Å². The van der Waals surface area contributed by atoms with Crippen LogP contribution in [0.5, 0.6) is 0 Å². The van der Waals surface area contributed by atoms with Gasteiger partial charge in [0.1, 0.15) is 6.04 Å². The first-order valence-corrected chi connectivity index (χ1v) is 5.14. The molecule has 1 saturated heterocycles. The first-order valence-electron chi connectivity index (χ1n) is 5.14. The third-order valence-electron chi connectivity index (χ3n) is 2.75. The Morgan fingerprint density at radius 3 is 3.00 bits per heavy atom. The van der Waals surface area contributed by atoms with Crippen molar-refractivity contribution in [3.8, 4) is 0 Å². The molecule has 82 valence electrons. The number of carbonyl (C=O) groups excluding carboxylic acids is 1. The molecule has 0 saturated carbocycles. The molecule has 2 atom stereocenters. The van der Waals surface area contributed by atoms with Gasteiger partial charge in [-0.3, -0.25) is 9.48 Å². The van der Waals surface area contributed by atoms with Gasteiger partial charge in [0.25, 0.3) is 0 Å². The largest absolute Gasteiger partial charge is 0.391 e. The van der Waals surface area contributed by atoms with E-state index in [-0.39, 0.29) is 18.1 Å². The maximum atomic E-state index is 11.9. The van der Waals surface area contributed by atoms with Crippen LogP contribution in [0, 0.1) is 0 Å². The van der Waals surface area contributed by atoms with E-state index >= 15 is 0 Å². The van der Waals surface area contributed by atoms with Gasteiger partial charge >= 0.3 is 0 Å². The zero-order valence-electron chi connectivity index (χ0n) is 8.71. The average molecular weight is 209 g/mol. The number of β-amino-alcohol motifs (C(OH)–C–C–N with tert-alkyl or cyclic N) is 1. The van der Waals surface area contributed by atoms with Crippen molar-refractivity contribution in [2.24, 2.45) is 0 Å². The van der Waals surface area contributed by atoms with Gasteiger partial charge in [0, 0.05) is 25.5 Å². The summed E-state index contributed by atoms with van der Waals surface area (Å²) in [5, 5.41) is 13.4. The van der Waals surface area contributed by atoms with Gasteiger partial charge in [0.05, 0.1) is 6.10 Å². The van der Waals surface area contributed by atoms with Crippen molar-refractivity contribution in [3.05, 3.63) is 18.5 Å². The molecule has 0 unspecified atom stereocenters. The number of hydrogen-bond donors (Lipinski definition) is 1. The van der Waals surface area contributed by atoms with E-state index in [9.17, 15) is 9.90 Å². The number of nitrogens with zero attached hydrogens (tertiary/aromatic N) is 3. The molecule has 1 N–H and O–H groups in total. The minimum absolute atomic E-state index is 0.0234. The minimum Gasteiger partial charge on any atom is -0.391 e. The van der Waals surface area contributed by atoms with Crippen LogP contribution in [0.4, 0.5) is 0 Å². The van der Waals surface area contributed by atoms with Gasteiger partial charge in [0.15, 0.2) is 0 Å². The Balaban J connectivity index is 2.02. The molecule has 2 rings (SSSR count). The summed E-state index contributed by atoms with van der Waals surface area (Å²) < 4.78 is 1.63. The van der Waals surface area contributed by atoms with Crippen molar-refractivity contribution in [1.82, 2.24) is 14.7 Å². The van der Waals surface area contributed by atoms with E-state index in [1.54, 1.807) is 28.0 Å². The lowest BCUT2D eigenvalue weighted by Crippen LogP contribution is -2.35. The predicted molar refractivity (Wildman–Crippen MR) is 54.1 cm³/mol. The zero-order valence-corrected chi connectivity index (χ0v) is 8.71. The molecule has 0 radical (unpaired) electrons. The predicted octanol–water partition coefficient (Wildman–Crippen LogP) is 0.0373. The van der Waals surface area contributed by atoms with E-state index in [0.29, 0.717) is 19.5 Å². The average Bonchev–Trinajstić information content (AvgIpc) is 2.85. The van der Waals surface area contributed by atoms with Crippen molar-refractivity contribution in [3.63, 3.8) is 0 Å². The second kappa shape index (κ2) is 4.02. The number of amides is 1. The Morgan fingerprint density at radius 1 is 1.67 bits per heavy atom. The highest BCUT2D eigenvalue weighted by Gasteiger charge is 2.28. The van der Waals surface area contributed by atoms with Crippen molar-refractivity contribution >= 4 is 5.91 Å². The first kappa shape index (κ1) is 10.2. The van der Waals surface area contributed by atoms with E-state index in [4.69, 9.17) is 0 Å². The van der Waals surface area contributed by atoms with E-state index in [1.807, 2.05) is 6.92 Å². The van der Waals surface area contributed by atoms with Gasteiger partial charge in [-0.15, -0.1) is 0 Å². The number of aromatic nitrogens is 2. The topological polar surface area (TPSA) is 58.4 Å². The SMILES string of the molecule is C[C@@H](C(=O)N1CC[C@@H](O)C1)n1cccn1. The summed E-state index contributed by atoms with van der Waals surface area (Å²) in [4.78, 5) is 13.6. The Morgan fingerprint density at radius 2 is 2.47 bits per heavy atom. The van der Waals surface area contributed by atoms with E-state index in [0.717, 1.165) is 0 Å². The number of aliphatic hydroxyl groups excluding tert-OH is 1. The first-order chi connectivity index (χ1) is 7.18. The van der Waals surface area contributed by atoms with E-state index in [1.165, 1.54) is 0 Å². The van der Waals surface area contributed by atoms with Crippen LogP contribution in [0.25, 0.3) is 0 Å². The van der Waals surface area contributed by atoms with Crippen LogP contribution in [-0.4, -0.2) is 44.9 Å². The summed E-state index contributed by atoms with van der Waals surface area (Å²) in [5.74, 6) is 0.0234. The molecule has 5 heteroatoms. The summed E-state index contributed by atoms with van der Waals surface area (Å²) in [6, 6.07) is 1.51. The second-order valence-electron chi connectivity index (χ2n) is 3.89. The summed E-state index contributed by atoms with van der Waals surface area (Å²) in [5.41, 5.74) is 0. The normalized spacial score (nSPS) is 23.1. The van der Waals surface area contributed by atoms with Crippen molar-refractivity contribution in [2.45, 2.75) is 25.5 Å². The Kier molecular flexibility index (Phi) is 2.73. The summed E-state index contributed by atoms with van der Waals surface area (Å²) in [6.45, 7) is 2.91. The van der Waals surface area contributed by atoms with Crippen LogP contribution >= 0.6 is 0 Å². The molecule has 1 aliphatic heterocycles. The molecular weight excluding hydrogens is 194 g/mol. The molecule has 1 aromatic rings. The fourth-order valence-corrected chi connectivity index (χ4v) is 1.83. The van der Waals surface area contributed by atoms with Crippen LogP contribution in [0.2, 0.25) is 0 Å². The van der Waals surface area contributed by atoms with Gasteiger partial charge in [-0.1, -0.05) is 0 Å². The van der Waals surface area contributed by atoms with Crippen LogP contribution in [-0.2, 0) is 4.79 Å². The number of aliphatic hydroxyl groups is 1. The lowest BCUT2D eigenvalue weighted by molar-refractivity contribution is -0.133. The quantitative estimate of drug-likeness (QED) is 0.748. The molecule has 1 amide bonds. The highest BCUT2D eigenvalue weighted by Crippen LogP contribution is 2.15. The van der Waals surface area contributed by atoms with Crippen LogP contribution < -0.4 is 0 Å². The van der Waals surface area contributed by atoms with Crippen molar-refractivity contribution in [1.29, 1.82) is 0 Å². The number of rotatable bonds is 2. The van der Waals surface area contributed by atoms with Crippen molar-refractivity contribution in [2.75, 3.05) is 13.1 Å². The van der Waals surface area contributed by atoms with Crippen LogP contribution in [0.1, 0.15) is 19.4 Å². The molecule has 0 spiro atoms. The molecule has 1 aliphatic rings. The smallest absolute Gasteiger partial charge is 0.247 e. The Bertz CT molecular complexity index is 336. The second-order valence-corrected chi connectivity index (χ2v) is 3.89. The lowest BCUT2D eigenvalue weighted by atomic mass is 10.3. The number of carbonyl (C=O) groups is 1. The molecule has 1 aromatic heterocycles. The van der Waals surface area contributed by atoms with Gasteiger partial charge in [-0.25, -0.2) is 0 Å².